The number of ether oxygens (including phenoxy) is 3. The molecule has 0 aliphatic carbocycles. The lowest BCUT2D eigenvalue weighted by atomic mass is 10.1. The van der Waals surface area contributed by atoms with Crippen LogP contribution in [0.1, 0.15) is 12.0 Å². The third-order valence-electron chi connectivity index (χ3n) is 2.48. The number of phenols is 1. The highest BCUT2D eigenvalue weighted by Crippen LogP contribution is 2.25. The molecule has 2 N–H and O–H groups in total. The predicted octanol–water partition coefficient (Wildman–Crippen LogP) is 1.88. The van der Waals surface area contributed by atoms with Crippen molar-refractivity contribution in [1.82, 2.24) is 0 Å². The number of hydrogen-bond acceptors (Lipinski definition) is 5. The topological polar surface area (TPSA) is 85.2 Å². The summed E-state index contributed by atoms with van der Waals surface area (Å²) in [5.74, 6) is -1.03. The molecule has 1 rings (SSSR count). The molecule has 0 heterocycles. The summed E-state index contributed by atoms with van der Waals surface area (Å²) in [4.78, 5) is 10.8. The summed E-state index contributed by atoms with van der Waals surface area (Å²) in [7, 11) is 2.87. The van der Waals surface area contributed by atoms with Gasteiger partial charge in [-0.15, -0.1) is 0 Å². The molecular weight excluding hydrogens is 264 g/mol. The first-order valence-electron chi connectivity index (χ1n) is 6.02. The average molecular weight is 282 g/mol. The van der Waals surface area contributed by atoms with E-state index in [2.05, 4.69) is 0 Å². The summed E-state index contributed by atoms with van der Waals surface area (Å²) in [5.41, 5.74) is 0.341. The largest absolute Gasteiger partial charge is 0.507 e. The minimum absolute atomic E-state index is 0.0787. The first-order valence-corrected chi connectivity index (χ1v) is 6.02. The van der Waals surface area contributed by atoms with Crippen molar-refractivity contribution in [2.45, 2.75) is 6.42 Å². The van der Waals surface area contributed by atoms with Crippen molar-refractivity contribution in [2.75, 3.05) is 27.4 Å². The molecule has 110 valence electrons. The Morgan fingerprint density at radius 2 is 2.05 bits per heavy atom. The van der Waals surface area contributed by atoms with E-state index < -0.39 is 5.97 Å². The molecule has 0 fully saturated rings. The second-order valence-electron chi connectivity index (χ2n) is 3.93. The Morgan fingerprint density at radius 3 is 2.60 bits per heavy atom. The highest BCUT2D eigenvalue weighted by Gasteiger charge is 2.09. The summed E-state index contributed by atoms with van der Waals surface area (Å²) < 4.78 is 15.0. The number of aromatic hydroxyl groups is 1. The number of hydrogen-bond donors (Lipinski definition) is 2. The van der Waals surface area contributed by atoms with Crippen molar-refractivity contribution in [3.63, 3.8) is 0 Å². The van der Waals surface area contributed by atoms with Crippen LogP contribution in [-0.4, -0.2) is 43.6 Å². The molecule has 0 spiro atoms. The summed E-state index contributed by atoms with van der Waals surface area (Å²) in [6, 6.07) is 4.63. The molecule has 0 aromatic heterocycles. The van der Waals surface area contributed by atoms with Crippen molar-refractivity contribution >= 4 is 12.0 Å². The number of benzene rings is 1. The lowest BCUT2D eigenvalue weighted by molar-refractivity contribution is -0.135. The maximum Gasteiger partial charge on any atom is 0.371 e. The number of carboxylic acids is 1. The monoisotopic (exact) mass is 282 g/mol. The summed E-state index contributed by atoms with van der Waals surface area (Å²) in [5, 5.41) is 18.7. The predicted molar refractivity (Wildman–Crippen MR) is 72.7 cm³/mol. The Morgan fingerprint density at radius 1 is 1.30 bits per heavy atom. The van der Waals surface area contributed by atoms with Crippen molar-refractivity contribution < 1.29 is 29.2 Å². The molecule has 0 atom stereocenters. The molecular formula is C14H18O6. The fourth-order valence-electron chi connectivity index (χ4n) is 1.48. The molecule has 0 aliphatic rings. The van der Waals surface area contributed by atoms with Gasteiger partial charge in [0.2, 0.25) is 5.76 Å². The number of methoxy groups -OCH3 is 2. The number of rotatable bonds is 8. The fraction of sp³-hybridized carbons (Fsp3) is 0.357. The second-order valence-corrected chi connectivity index (χ2v) is 3.93. The minimum Gasteiger partial charge on any atom is -0.507 e. The molecule has 0 saturated heterocycles. The molecule has 0 aliphatic heterocycles. The van der Waals surface area contributed by atoms with Crippen LogP contribution in [-0.2, 0) is 14.3 Å². The highest BCUT2D eigenvalue weighted by atomic mass is 16.5. The van der Waals surface area contributed by atoms with Crippen LogP contribution in [0.3, 0.4) is 0 Å². The normalized spacial score (nSPS) is 11.2. The van der Waals surface area contributed by atoms with Crippen LogP contribution in [0.4, 0.5) is 0 Å². The zero-order valence-corrected chi connectivity index (χ0v) is 11.5. The molecule has 20 heavy (non-hydrogen) atoms. The Hall–Kier alpha value is -2.21. The van der Waals surface area contributed by atoms with E-state index in [4.69, 9.17) is 19.3 Å². The van der Waals surface area contributed by atoms with Gasteiger partial charge in [-0.25, -0.2) is 4.79 Å². The second kappa shape index (κ2) is 8.06. The van der Waals surface area contributed by atoms with Gasteiger partial charge in [0.25, 0.3) is 0 Å². The van der Waals surface area contributed by atoms with Gasteiger partial charge in [-0.3, -0.25) is 0 Å². The molecule has 0 bridgehead atoms. The zero-order valence-electron chi connectivity index (χ0n) is 11.5. The third kappa shape index (κ3) is 4.81. The standard InChI is InChI=1S/C14H18O6/c1-18-6-3-7-20-11-5-4-10(12(15)9-11)8-13(19-2)14(16)17/h4-5,8-9,15H,3,6-7H2,1-2H3,(H,16,17)/b13-8-. The van der Waals surface area contributed by atoms with Crippen molar-refractivity contribution in [3.8, 4) is 11.5 Å². The molecule has 0 unspecified atom stereocenters. The average Bonchev–Trinajstić information content (AvgIpc) is 2.42. The molecule has 6 nitrogen and oxygen atoms in total. The first-order chi connectivity index (χ1) is 9.58. The SMILES string of the molecule is COCCCOc1ccc(/C=C(\OC)C(=O)O)c(O)c1. The van der Waals surface area contributed by atoms with Crippen LogP contribution < -0.4 is 4.74 Å². The van der Waals surface area contributed by atoms with Gasteiger partial charge in [-0.2, -0.15) is 0 Å². The molecule has 6 heteroatoms. The van der Waals surface area contributed by atoms with Crippen molar-refractivity contribution in [1.29, 1.82) is 0 Å². The minimum atomic E-state index is -1.20. The van der Waals surface area contributed by atoms with Crippen LogP contribution in [0.2, 0.25) is 0 Å². The van der Waals surface area contributed by atoms with E-state index in [1.54, 1.807) is 19.2 Å². The fourth-order valence-corrected chi connectivity index (χ4v) is 1.48. The summed E-state index contributed by atoms with van der Waals surface area (Å²) in [6.45, 7) is 1.07. The van der Waals surface area contributed by atoms with E-state index in [0.29, 0.717) is 24.5 Å². The van der Waals surface area contributed by atoms with Gasteiger partial charge < -0.3 is 24.4 Å². The van der Waals surface area contributed by atoms with E-state index in [1.807, 2.05) is 0 Å². The molecule has 0 radical (unpaired) electrons. The summed E-state index contributed by atoms with van der Waals surface area (Å²) >= 11 is 0. The van der Waals surface area contributed by atoms with Gasteiger partial charge in [0.15, 0.2) is 0 Å². The molecule has 0 saturated carbocycles. The maximum absolute atomic E-state index is 10.8. The van der Waals surface area contributed by atoms with E-state index in [-0.39, 0.29) is 11.5 Å². The number of carbonyl (C=O) groups is 1. The van der Waals surface area contributed by atoms with Gasteiger partial charge in [0, 0.05) is 31.8 Å². The number of phenolic OH excluding ortho intramolecular Hbond substituents is 1. The first kappa shape index (κ1) is 15.8. The maximum atomic E-state index is 10.8. The van der Waals surface area contributed by atoms with Gasteiger partial charge >= 0.3 is 5.97 Å². The van der Waals surface area contributed by atoms with Crippen molar-refractivity contribution in [2.24, 2.45) is 0 Å². The Kier molecular flexibility index (Phi) is 6.39. The quantitative estimate of drug-likeness (QED) is 0.430. The van der Waals surface area contributed by atoms with Crippen LogP contribution in [0, 0.1) is 0 Å². The van der Waals surface area contributed by atoms with E-state index in [1.165, 1.54) is 19.3 Å². The lowest BCUT2D eigenvalue weighted by Crippen LogP contribution is -2.02. The Bertz CT molecular complexity index is 481. The van der Waals surface area contributed by atoms with Gasteiger partial charge in [0.05, 0.1) is 13.7 Å². The third-order valence-corrected chi connectivity index (χ3v) is 2.48. The molecule has 0 amide bonds. The van der Waals surface area contributed by atoms with Gasteiger partial charge in [-0.1, -0.05) is 0 Å². The lowest BCUT2D eigenvalue weighted by Gasteiger charge is -2.08. The highest BCUT2D eigenvalue weighted by molar-refractivity contribution is 5.90. The van der Waals surface area contributed by atoms with Crippen LogP contribution >= 0.6 is 0 Å². The Balaban J connectivity index is 2.75. The zero-order chi connectivity index (χ0) is 15.0. The number of carboxylic acid groups (broad SMARTS) is 1. The van der Waals surface area contributed by atoms with Crippen LogP contribution in [0.25, 0.3) is 6.08 Å². The van der Waals surface area contributed by atoms with Gasteiger partial charge in [-0.05, 0) is 18.2 Å². The smallest absolute Gasteiger partial charge is 0.371 e. The van der Waals surface area contributed by atoms with E-state index in [9.17, 15) is 9.90 Å². The van der Waals surface area contributed by atoms with E-state index >= 15 is 0 Å². The van der Waals surface area contributed by atoms with E-state index in [0.717, 1.165) is 6.42 Å². The summed E-state index contributed by atoms with van der Waals surface area (Å²) in [6.07, 6.45) is 1.98. The van der Waals surface area contributed by atoms with Gasteiger partial charge in [0.1, 0.15) is 11.5 Å². The molecule has 1 aromatic rings. The van der Waals surface area contributed by atoms with Crippen LogP contribution in [0.15, 0.2) is 24.0 Å². The number of aliphatic carboxylic acids is 1. The Labute approximate surface area is 117 Å². The molecule has 1 aromatic carbocycles. The van der Waals surface area contributed by atoms with Crippen LogP contribution in [0.5, 0.6) is 11.5 Å². The van der Waals surface area contributed by atoms with Crippen molar-refractivity contribution in [3.05, 3.63) is 29.5 Å².